The number of rotatable bonds is 6. The van der Waals surface area contributed by atoms with E-state index in [0.717, 1.165) is 12.0 Å². The minimum Gasteiger partial charge on any atom is -0.350 e. The topological polar surface area (TPSA) is 95.1 Å². The first-order valence-corrected chi connectivity index (χ1v) is 13.7. The Morgan fingerprint density at radius 1 is 1.22 bits per heavy atom. The number of carbonyl (C=O) groups is 1. The molecule has 5 rings (SSSR count). The van der Waals surface area contributed by atoms with Crippen molar-refractivity contribution in [3.8, 4) is 23.0 Å². The van der Waals surface area contributed by atoms with E-state index in [1.165, 1.54) is 16.7 Å². The van der Waals surface area contributed by atoms with Gasteiger partial charge in [0, 0.05) is 31.2 Å². The molecule has 2 aromatic carbocycles. The van der Waals surface area contributed by atoms with Crippen LogP contribution in [0.15, 0.2) is 66.0 Å². The molecule has 41 heavy (non-hydrogen) atoms. The molecule has 2 aromatic heterocycles. The summed E-state index contributed by atoms with van der Waals surface area (Å²) in [5.41, 5.74) is 1.42. The molecular weight excluding hydrogens is 543 g/mol. The maximum Gasteiger partial charge on any atom is 0.355 e. The van der Waals surface area contributed by atoms with E-state index in [9.17, 15) is 19.2 Å². The van der Waals surface area contributed by atoms with Crippen molar-refractivity contribution < 1.29 is 9.18 Å². The molecule has 1 aliphatic rings. The third-order valence-electron chi connectivity index (χ3n) is 7.30. The summed E-state index contributed by atoms with van der Waals surface area (Å²) in [5, 5.41) is 10.7. The minimum atomic E-state index is -0.626. The Morgan fingerprint density at radius 2 is 2.00 bits per heavy atom. The SMILES string of the molecule is C=CC(=O)N1CCN(c2nc(=O)n(-c3c(C#N)cccc3CCC)c3nc(-c4ccccc4F)c(Cl)cc23)[C@@H](C)C1. The van der Waals surface area contributed by atoms with Crippen LogP contribution >= 0.6 is 11.6 Å². The van der Waals surface area contributed by atoms with Crippen LogP contribution in [0, 0.1) is 17.1 Å². The minimum absolute atomic E-state index is 0.166. The lowest BCUT2D eigenvalue weighted by molar-refractivity contribution is -0.126. The first-order chi connectivity index (χ1) is 19.8. The number of aromatic nitrogens is 3. The molecule has 1 fully saturated rings. The number of carbonyl (C=O) groups excluding carboxylic acids is 1. The highest BCUT2D eigenvalue weighted by Crippen LogP contribution is 2.36. The quantitative estimate of drug-likeness (QED) is 0.292. The van der Waals surface area contributed by atoms with E-state index >= 15 is 0 Å². The second-order valence-electron chi connectivity index (χ2n) is 9.93. The number of amides is 1. The molecule has 208 valence electrons. The van der Waals surface area contributed by atoms with Crippen LogP contribution in [0.3, 0.4) is 0 Å². The van der Waals surface area contributed by atoms with Crippen molar-refractivity contribution in [1.82, 2.24) is 19.4 Å². The molecule has 0 aliphatic carbocycles. The van der Waals surface area contributed by atoms with Gasteiger partial charge in [0.25, 0.3) is 0 Å². The second kappa shape index (κ2) is 11.5. The fraction of sp³-hybridized carbons (Fsp3) is 0.258. The van der Waals surface area contributed by atoms with Crippen molar-refractivity contribution in [2.75, 3.05) is 24.5 Å². The molecule has 0 radical (unpaired) electrons. The Labute approximate surface area is 241 Å². The Morgan fingerprint density at radius 3 is 2.68 bits per heavy atom. The van der Waals surface area contributed by atoms with Crippen LogP contribution in [-0.2, 0) is 11.2 Å². The van der Waals surface area contributed by atoms with Crippen molar-refractivity contribution in [1.29, 1.82) is 5.26 Å². The normalized spacial score (nSPS) is 15.1. The molecular formula is C31H28ClFN6O2. The Hall–Kier alpha value is -4.55. The molecule has 1 saturated heterocycles. The lowest BCUT2D eigenvalue weighted by Crippen LogP contribution is -2.54. The molecule has 0 unspecified atom stereocenters. The predicted octanol–water partition coefficient (Wildman–Crippen LogP) is 5.29. The first-order valence-electron chi connectivity index (χ1n) is 13.4. The van der Waals surface area contributed by atoms with Gasteiger partial charge in [-0.25, -0.2) is 18.7 Å². The van der Waals surface area contributed by atoms with Gasteiger partial charge >= 0.3 is 5.69 Å². The number of para-hydroxylation sites is 1. The van der Waals surface area contributed by atoms with Crippen LogP contribution in [0.5, 0.6) is 0 Å². The molecule has 0 spiro atoms. The highest BCUT2D eigenvalue weighted by Gasteiger charge is 2.30. The van der Waals surface area contributed by atoms with E-state index in [1.807, 2.05) is 24.8 Å². The number of nitriles is 1. The molecule has 3 heterocycles. The van der Waals surface area contributed by atoms with Crippen LogP contribution in [0.2, 0.25) is 5.02 Å². The van der Waals surface area contributed by atoms with Crippen LogP contribution < -0.4 is 10.6 Å². The summed E-state index contributed by atoms with van der Waals surface area (Å²) in [6.07, 6.45) is 2.68. The molecule has 0 bridgehead atoms. The number of hydrogen-bond donors (Lipinski definition) is 0. The first kappa shape index (κ1) is 28.0. The lowest BCUT2D eigenvalue weighted by atomic mass is 10.0. The van der Waals surface area contributed by atoms with E-state index in [2.05, 4.69) is 17.6 Å². The van der Waals surface area contributed by atoms with Gasteiger partial charge in [-0.2, -0.15) is 10.2 Å². The smallest absolute Gasteiger partial charge is 0.350 e. The van der Waals surface area contributed by atoms with Gasteiger partial charge in [0.15, 0.2) is 5.65 Å². The van der Waals surface area contributed by atoms with E-state index in [4.69, 9.17) is 16.6 Å². The van der Waals surface area contributed by atoms with Crippen molar-refractivity contribution in [3.63, 3.8) is 0 Å². The van der Waals surface area contributed by atoms with Crippen LogP contribution in [0.4, 0.5) is 10.2 Å². The van der Waals surface area contributed by atoms with Gasteiger partial charge in [0.2, 0.25) is 5.91 Å². The predicted molar refractivity (Wildman–Crippen MR) is 158 cm³/mol. The van der Waals surface area contributed by atoms with E-state index in [1.54, 1.807) is 41.3 Å². The van der Waals surface area contributed by atoms with Gasteiger partial charge < -0.3 is 9.80 Å². The Bertz CT molecular complexity index is 1780. The molecule has 1 aliphatic heterocycles. The van der Waals surface area contributed by atoms with Gasteiger partial charge in [-0.05, 0) is 49.2 Å². The maximum atomic E-state index is 14.9. The molecule has 0 N–H and O–H groups in total. The number of hydrogen-bond acceptors (Lipinski definition) is 6. The number of piperazine rings is 1. The molecule has 0 saturated carbocycles. The zero-order valence-electron chi connectivity index (χ0n) is 22.8. The number of halogens is 2. The van der Waals surface area contributed by atoms with Gasteiger partial charge in [-0.1, -0.05) is 55.8 Å². The summed E-state index contributed by atoms with van der Waals surface area (Å²) in [5.74, 6) is -0.314. The van der Waals surface area contributed by atoms with E-state index < -0.39 is 11.5 Å². The molecule has 10 heteroatoms. The van der Waals surface area contributed by atoms with Gasteiger partial charge in [0.05, 0.1) is 27.4 Å². The summed E-state index contributed by atoms with van der Waals surface area (Å²) < 4.78 is 16.3. The summed E-state index contributed by atoms with van der Waals surface area (Å²) in [7, 11) is 0. The van der Waals surface area contributed by atoms with Crippen molar-refractivity contribution in [3.05, 3.63) is 93.6 Å². The van der Waals surface area contributed by atoms with Crippen LogP contribution in [0.25, 0.3) is 28.0 Å². The fourth-order valence-electron chi connectivity index (χ4n) is 5.39. The fourth-order valence-corrected chi connectivity index (χ4v) is 5.64. The van der Waals surface area contributed by atoms with Crippen LogP contribution in [0.1, 0.15) is 31.4 Å². The van der Waals surface area contributed by atoms with Crippen molar-refractivity contribution >= 4 is 34.4 Å². The second-order valence-corrected chi connectivity index (χ2v) is 10.3. The highest BCUT2D eigenvalue weighted by atomic mass is 35.5. The summed E-state index contributed by atoms with van der Waals surface area (Å²) in [4.78, 5) is 39.1. The lowest BCUT2D eigenvalue weighted by Gasteiger charge is -2.40. The average Bonchev–Trinajstić information content (AvgIpc) is 2.97. The van der Waals surface area contributed by atoms with Crippen molar-refractivity contribution in [2.45, 2.75) is 32.7 Å². The molecule has 1 atom stereocenters. The third kappa shape index (κ3) is 5.07. The summed E-state index contributed by atoms with van der Waals surface area (Å²) in [6, 6.07) is 15.1. The molecule has 8 nitrogen and oxygen atoms in total. The number of benzene rings is 2. The number of aryl methyl sites for hydroxylation is 1. The van der Waals surface area contributed by atoms with Crippen LogP contribution in [-0.4, -0.2) is 51.0 Å². The standard InChI is InChI=1S/C31H28ClFN6O2/c1-4-9-20-10-8-11-21(17-34)28(20)39-30-23(16-24(32)27(35-30)22-12-6-7-13-25(22)33)29(36-31(39)41)38-15-14-37(18-19(38)3)26(40)5-2/h5-8,10-13,16,19H,2,4,9,14-15,18H2,1,3H3/t19-/m0/s1. The zero-order chi connectivity index (χ0) is 29.3. The summed E-state index contributed by atoms with van der Waals surface area (Å²) in [6.45, 7) is 8.76. The zero-order valence-corrected chi connectivity index (χ0v) is 23.5. The highest BCUT2D eigenvalue weighted by molar-refractivity contribution is 6.33. The van der Waals surface area contributed by atoms with E-state index in [0.29, 0.717) is 48.5 Å². The number of nitrogens with zero attached hydrogens (tertiary/aromatic N) is 6. The third-order valence-corrected chi connectivity index (χ3v) is 7.59. The molecule has 1 amide bonds. The average molecular weight is 571 g/mol. The van der Waals surface area contributed by atoms with Crippen molar-refractivity contribution in [2.24, 2.45) is 0 Å². The summed E-state index contributed by atoms with van der Waals surface area (Å²) >= 11 is 6.74. The number of fused-ring (bicyclic) bond motifs is 1. The van der Waals surface area contributed by atoms with Gasteiger partial charge in [-0.3, -0.25) is 4.79 Å². The Kier molecular flexibility index (Phi) is 7.86. The van der Waals surface area contributed by atoms with Gasteiger partial charge in [-0.15, -0.1) is 0 Å². The Balaban J connectivity index is 1.82. The molecule has 4 aromatic rings. The number of anilines is 1. The largest absolute Gasteiger partial charge is 0.355 e. The number of pyridine rings is 1. The van der Waals surface area contributed by atoms with Gasteiger partial charge in [0.1, 0.15) is 17.7 Å². The monoisotopic (exact) mass is 570 g/mol. The van der Waals surface area contributed by atoms with E-state index in [-0.39, 0.29) is 33.9 Å². The maximum absolute atomic E-state index is 14.9.